The molecule has 0 aliphatic heterocycles. The van der Waals surface area contributed by atoms with Crippen molar-refractivity contribution in [1.29, 1.82) is 0 Å². The quantitative estimate of drug-likeness (QED) is 0.717. The molecule has 0 saturated heterocycles. The van der Waals surface area contributed by atoms with E-state index in [1.165, 1.54) is 24.6 Å². The molecule has 0 aliphatic rings. The van der Waals surface area contributed by atoms with Crippen molar-refractivity contribution < 1.29 is 14.3 Å². The lowest BCUT2D eigenvalue weighted by atomic mass is 10.2. The first-order valence-electron chi connectivity index (χ1n) is 6.61. The van der Waals surface area contributed by atoms with Crippen molar-refractivity contribution in [3.05, 3.63) is 53.4 Å². The maximum absolute atomic E-state index is 12.0. The standard InChI is InChI=1S/C15H12N4O3S/c1-22-14(21)11-5-10(7-17-11)12-8-23-15(18-12)19-13(20)9-3-2-4-16-6-9/h2-8,17H,1H3,(H,18,19,20). The number of H-pyrrole nitrogens is 1. The van der Waals surface area contributed by atoms with Crippen LogP contribution in [0.25, 0.3) is 11.3 Å². The molecule has 0 aliphatic carbocycles. The SMILES string of the molecule is COC(=O)c1cc(-c2csc(NC(=O)c3cccnc3)n2)c[nH]1. The van der Waals surface area contributed by atoms with Crippen LogP contribution in [0.3, 0.4) is 0 Å². The Kier molecular flexibility index (Phi) is 4.15. The largest absolute Gasteiger partial charge is 0.464 e. The summed E-state index contributed by atoms with van der Waals surface area (Å²) in [6, 6.07) is 5.01. The summed E-state index contributed by atoms with van der Waals surface area (Å²) in [6.07, 6.45) is 4.75. The molecule has 0 unspecified atom stereocenters. The highest BCUT2D eigenvalue weighted by atomic mass is 32.1. The summed E-state index contributed by atoms with van der Waals surface area (Å²) in [6.45, 7) is 0. The van der Waals surface area contributed by atoms with Crippen molar-refractivity contribution in [2.24, 2.45) is 0 Å². The molecule has 0 bridgehead atoms. The molecule has 3 heterocycles. The van der Waals surface area contributed by atoms with Crippen LogP contribution in [0, 0.1) is 0 Å². The van der Waals surface area contributed by atoms with Crippen LogP contribution >= 0.6 is 11.3 Å². The number of methoxy groups -OCH3 is 1. The number of amides is 1. The number of thiazole rings is 1. The number of nitrogens with one attached hydrogen (secondary N) is 2. The van der Waals surface area contributed by atoms with E-state index in [1.54, 1.807) is 36.0 Å². The van der Waals surface area contributed by atoms with Crippen molar-refractivity contribution in [2.45, 2.75) is 0 Å². The third-order valence-corrected chi connectivity index (χ3v) is 3.79. The monoisotopic (exact) mass is 328 g/mol. The summed E-state index contributed by atoms with van der Waals surface area (Å²) in [5.74, 6) is -0.722. The molecule has 0 saturated carbocycles. The fourth-order valence-corrected chi connectivity index (χ4v) is 2.61. The number of hydrogen-bond acceptors (Lipinski definition) is 6. The first kappa shape index (κ1) is 14.9. The van der Waals surface area contributed by atoms with Gasteiger partial charge in [-0.2, -0.15) is 0 Å². The molecular weight excluding hydrogens is 316 g/mol. The zero-order chi connectivity index (χ0) is 16.2. The van der Waals surface area contributed by atoms with Gasteiger partial charge in [0.25, 0.3) is 5.91 Å². The van der Waals surface area contributed by atoms with Crippen LogP contribution < -0.4 is 5.32 Å². The summed E-state index contributed by atoms with van der Waals surface area (Å²) in [5, 5.41) is 4.98. The summed E-state index contributed by atoms with van der Waals surface area (Å²) in [4.78, 5) is 34.5. The van der Waals surface area contributed by atoms with Crippen LogP contribution in [-0.2, 0) is 4.74 Å². The molecule has 1 amide bonds. The smallest absolute Gasteiger partial charge is 0.354 e. The molecule has 0 radical (unpaired) electrons. The lowest BCUT2D eigenvalue weighted by Crippen LogP contribution is -2.11. The van der Waals surface area contributed by atoms with Gasteiger partial charge in [-0.05, 0) is 18.2 Å². The first-order valence-corrected chi connectivity index (χ1v) is 7.49. The minimum Gasteiger partial charge on any atom is -0.464 e. The third-order valence-electron chi connectivity index (χ3n) is 3.03. The van der Waals surface area contributed by atoms with E-state index in [0.29, 0.717) is 22.1 Å². The first-order chi connectivity index (χ1) is 11.2. The molecule has 0 spiro atoms. The normalized spacial score (nSPS) is 10.3. The molecule has 3 rings (SSSR count). The van der Waals surface area contributed by atoms with Gasteiger partial charge < -0.3 is 9.72 Å². The molecule has 8 heteroatoms. The van der Waals surface area contributed by atoms with Crippen molar-refractivity contribution >= 4 is 28.3 Å². The van der Waals surface area contributed by atoms with E-state index >= 15 is 0 Å². The second-order valence-electron chi connectivity index (χ2n) is 4.53. The zero-order valence-corrected chi connectivity index (χ0v) is 12.9. The molecule has 2 N–H and O–H groups in total. The van der Waals surface area contributed by atoms with Gasteiger partial charge in [-0.1, -0.05) is 0 Å². The zero-order valence-electron chi connectivity index (χ0n) is 12.1. The maximum atomic E-state index is 12.0. The van der Waals surface area contributed by atoms with Crippen molar-refractivity contribution in [3.63, 3.8) is 0 Å². The van der Waals surface area contributed by atoms with Gasteiger partial charge >= 0.3 is 5.97 Å². The molecule has 116 valence electrons. The lowest BCUT2D eigenvalue weighted by Gasteiger charge is -2.00. The number of carbonyl (C=O) groups excluding carboxylic acids is 2. The van der Waals surface area contributed by atoms with Crippen molar-refractivity contribution in [2.75, 3.05) is 12.4 Å². The van der Waals surface area contributed by atoms with E-state index < -0.39 is 5.97 Å². The molecule has 0 aromatic carbocycles. The van der Waals surface area contributed by atoms with Gasteiger partial charge in [0.2, 0.25) is 0 Å². The molecule has 23 heavy (non-hydrogen) atoms. The van der Waals surface area contributed by atoms with Crippen LogP contribution in [0.15, 0.2) is 42.2 Å². The average Bonchev–Trinajstić information content (AvgIpc) is 3.24. The number of aromatic amines is 1. The van der Waals surface area contributed by atoms with Gasteiger partial charge in [-0.15, -0.1) is 11.3 Å². The number of esters is 1. The number of carbonyl (C=O) groups is 2. The minimum atomic E-state index is -0.448. The van der Waals surface area contributed by atoms with Gasteiger partial charge in [0.15, 0.2) is 5.13 Å². The highest BCUT2D eigenvalue weighted by Gasteiger charge is 2.13. The number of nitrogens with zero attached hydrogens (tertiary/aromatic N) is 2. The van der Waals surface area contributed by atoms with E-state index in [9.17, 15) is 9.59 Å². The number of rotatable bonds is 4. The third kappa shape index (κ3) is 3.27. The van der Waals surface area contributed by atoms with Crippen LogP contribution in [0.5, 0.6) is 0 Å². The molecule has 7 nitrogen and oxygen atoms in total. The fourth-order valence-electron chi connectivity index (χ4n) is 1.90. The Morgan fingerprint density at radius 2 is 2.26 bits per heavy atom. The minimum absolute atomic E-state index is 0.275. The van der Waals surface area contributed by atoms with Crippen LogP contribution in [0.1, 0.15) is 20.8 Å². The van der Waals surface area contributed by atoms with E-state index in [-0.39, 0.29) is 5.91 Å². The van der Waals surface area contributed by atoms with Gasteiger partial charge in [0, 0.05) is 29.5 Å². The fraction of sp³-hybridized carbons (Fsp3) is 0.0667. The molecular formula is C15H12N4O3S. The average molecular weight is 328 g/mol. The van der Waals surface area contributed by atoms with Gasteiger partial charge in [-0.25, -0.2) is 9.78 Å². The summed E-state index contributed by atoms with van der Waals surface area (Å²) in [5.41, 5.74) is 2.20. The summed E-state index contributed by atoms with van der Waals surface area (Å²) < 4.78 is 4.64. The predicted molar refractivity (Wildman–Crippen MR) is 85.4 cm³/mol. The van der Waals surface area contributed by atoms with Gasteiger partial charge in [0.05, 0.1) is 18.4 Å². The van der Waals surface area contributed by atoms with Crippen LogP contribution in [-0.4, -0.2) is 33.9 Å². The Morgan fingerprint density at radius 1 is 1.39 bits per heavy atom. The van der Waals surface area contributed by atoms with E-state index in [2.05, 4.69) is 25.0 Å². The van der Waals surface area contributed by atoms with Crippen LogP contribution in [0.4, 0.5) is 5.13 Å². The highest BCUT2D eigenvalue weighted by molar-refractivity contribution is 7.14. The summed E-state index contributed by atoms with van der Waals surface area (Å²) >= 11 is 1.30. The predicted octanol–water partition coefficient (Wildman–Crippen LogP) is 2.57. The molecule has 3 aromatic rings. The Morgan fingerprint density at radius 3 is 3.00 bits per heavy atom. The van der Waals surface area contributed by atoms with Gasteiger partial charge in [0.1, 0.15) is 5.69 Å². The second kappa shape index (κ2) is 6.41. The molecule has 3 aromatic heterocycles. The molecule has 0 atom stereocenters. The second-order valence-corrected chi connectivity index (χ2v) is 5.39. The maximum Gasteiger partial charge on any atom is 0.354 e. The highest BCUT2D eigenvalue weighted by Crippen LogP contribution is 2.26. The number of pyridine rings is 1. The Hall–Kier alpha value is -3.00. The summed E-state index contributed by atoms with van der Waals surface area (Å²) in [7, 11) is 1.32. The van der Waals surface area contributed by atoms with Gasteiger partial charge in [-0.3, -0.25) is 15.1 Å². The number of hydrogen-bond donors (Lipinski definition) is 2. The lowest BCUT2D eigenvalue weighted by molar-refractivity contribution is 0.0594. The topological polar surface area (TPSA) is 97.0 Å². The Labute approximate surface area is 135 Å². The Bertz CT molecular complexity index is 841. The van der Waals surface area contributed by atoms with E-state index in [1.807, 2.05) is 0 Å². The van der Waals surface area contributed by atoms with Crippen molar-refractivity contribution in [1.82, 2.24) is 15.0 Å². The van der Waals surface area contributed by atoms with Crippen LogP contribution in [0.2, 0.25) is 0 Å². The molecule has 0 fully saturated rings. The van der Waals surface area contributed by atoms with E-state index in [0.717, 1.165) is 5.56 Å². The number of aromatic nitrogens is 3. The number of anilines is 1. The van der Waals surface area contributed by atoms with Crippen molar-refractivity contribution in [3.8, 4) is 11.3 Å². The van der Waals surface area contributed by atoms with E-state index in [4.69, 9.17) is 0 Å². The number of ether oxygens (including phenoxy) is 1. The Balaban J connectivity index is 1.74.